The van der Waals surface area contributed by atoms with Crippen molar-refractivity contribution in [3.8, 4) is 0 Å². The molecule has 15 heavy (non-hydrogen) atoms. The van der Waals surface area contributed by atoms with E-state index in [1.54, 1.807) is 0 Å². The predicted octanol–water partition coefficient (Wildman–Crippen LogP) is 0.471. The van der Waals surface area contributed by atoms with Crippen LogP contribution in [0.15, 0.2) is 16.0 Å². The predicted molar refractivity (Wildman–Crippen MR) is 58.9 cm³/mol. The summed E-state index contributed by atoms with van der Waals surface area (Å²) in [6.45, 7) is 3.90. The zero-order chi connectivity index (χ0) is 11.4. The highest BCUT2D eigenvalue weighted by Gasteiger charge is 2.06. The molecule has 0 spiro atoms. The summed E-state index contributed by atoms with van der Waals surface area (Å²) in [4.78, 5) is 28.5. The van der Waals surface area contributed by atoms with Crippen LogP contribution in [-0.4, -0.2) is 21.6 Å². The molecule has 0 aliphatic rings. The van der Waals surface area contributed by atoms with Crippen molar-refractivity contribution in [3.05, 3.63) is 22.1 Å². The van der Waals surface area contributed by atoms with Gasteiger partial charge in [-0.25, -0.2) is 4.98 Å². The summed E-state index contributed by atoms with van der Waals surface area (Å²) in [6.07, 6.45) is 0. The smallest absolute Gasteiger partial charge is 0.251 e. The number of aromatic nitrogens is 2. The lowest BCUT2D eigenvalue weighted by molar-refractivity contribution is -0.115. The lowest BCUT2D eigenvalue weighted by Crippen LogP contribution is -2.15. The topological polar surface area (TPSA) is 88.8 Å². The van der Waals surface area contributed by atoms with E-state index in [4.69, 9.17) is 5.73 Å². The van der Waals surface area contributed by atoms with Crippen molar-refractivity contribution >= 4 is 17.7 Å². The second kappa shape index (κ2) is 4.97. The number of aromatic amines is 1. The fourth-order valence-corrected chi connectivity index (χ4v) is 1.58. The molecule has 0 saturated heterocycles. The molecule has 0 fully saturated rings. The Morgan fingerprint density at radius 1 is 1.67 bits per heavy atom. The molecule has 0 unspecified atom stereocenters. The Kier molecular flexibility index (Phi) is 3.90. The third kappa shape index (κ3) is 3.75. The number of hydrogen-bond donors (Lipinski definition) is 2. The number of hydrogen-bond acceptors (Lipinski definition) is 4. The average molecular weight is 227 g/mol. The maximum absolute atomic E-state index is 11.2. The molecule has 5 nitrogen and oxygen atoms in total. The maximum Gasteiger partial charge on any atom is 0.251 e. The number of carbonyl (C=O) groups excluding carboxylic acids is 1. The van der Waals surface area contributed by atoms with Gasteiger partial charge in [-0.05, 0) is 5.92 Å². The van der Waals surface area contributed by atoms with Crippen LogP contribution in [0, 0.1) is 0 Å². The number of nitrogens with two attached hydrogens (primary N) is 1. The van der Waals surface area contributed by atoms with Gasteiger partial charge >= 0.3 is 0 Å². The third-order valence-electron chi connectivity index (χ3n) is 1.68. The Balaban J connectivity index is 2.89. The van der Waals surface area contributed by atoms with Crippen LogP contribution in [-0.2, 0) is 4.79 Å². The van der Waals surface area contributed by atoms with Gasteiger partial charge in [-0.3, -0.25) is 9.59 Å². The largest absolute Gasteiger partial charge is 0.369 e. The van der Waals surface area contributed by atoms with E-state index in [0.717, 1.165) is 11.8 Å². The first-order valence-electron chi connectivity index (χ1n) is 4.51. The van der Waals surface area contributed by atoms with Gasteiger partial charge in [0.15, 0.2) is 5.16 Å². The first kappa shape index (κ1) is 11.8. The van der Waals surface area contributed by atoms with E-state index in [1.807, 2.05) is 13.8 Å². The molecule has 0 saturated carbocycles. The highest BCUT2D eigenvalue weighted by atomic mass is 32.2. The summed E-state index contributed by atoms with van der Waals surface area (Å²) in [6, 6.07) is 1.46. The molecule has 1 aromatic heterocycles. The number of carbonyl (C=O) groups is 1. The number of nitrogens with one attached hydrogen (secondary N) is 1. The Bertz CT molecular complexity index is 414. The Hall–Kier alpha value is -1.30. The van der Waals surface area contributed by atoms with Crippen LogP contribution in [0.5, 0.6) is 0 Å². The van der Waals surface area contributed by atoms with Gasteiger partial charge in [0, 0.05) is 6.07 Å². The summed E-state index contributed by atoms with van der Waals surface area (Å²) in [5, 5.41) is 0.435. The molecule has 0 aromatic carbocycles. The molecule has 82 valence electrons. The van der Waals surface area contributed by atoms with Gasteiger partial charge in [0.2, 0.25) is 5.91 Å². The summed E-state index contributed by atoms with van der Waals surface area (Å²) >= 11 is 1.13. The second-order valence-corrected chi connectivity index (χ2v) is 4.35. The van der Waals surface area contributed by atoms with E-state index in [9.17, 15) is 9.59 Å². The van der Waals surface area contributed by atoms with Crippen LogP contribution >= 0.6 is 11.8 Å². The number of thioether (sulfide) groups is 1. The van der Waals surface area contributed by atoms with Crippen molar-refractivity contribution in [1.29, 1.82) is 0 Å². The highest BCUT2D eigenvalue weighted by molar-refractivity contribution is 7.99. The summed E-state index contributed by atoms with van der Waals surface area (Å²) in [7, 11) is 0. The molecule has 0 bridgehead atoms. The van der Waals surface area contributed by atoms with Crippen LogP contribution in [0.3, 0.4) is 0 Å². The first-order chi connectivity index (χ1) is 6.99. The number of rotatable bonds is 4. The minimum Gasteiger partial charge on any atom is -0.369 e. The molecule has 6 heteroatoms. The summed E-state index contributed by atoms with van der Waals surface area (Å²) in [5.74, 6) is -0.136. The Morgan fingerprint density at radius 3 is 2.87 bits per heavy atom. The van der Waals surface area contributed by atoms with Crippen molar-refractivity contribution in [2.75, 3.05) is 5.75 Å². The molecule has 1 rings (SSSR count). The van der Waals surface area contributed by atoms with E-state index in [2.05, 4.69) is 9.97 Å². The van der Waals surface area contributed by atoms with Gasteiger partial charge in [0.25, 0.3) is 5.56 Å². The van der Waals surface area contributed by atoms with Gasteiger partial charge in [-0.15, -0.1) is 0 Å². The molecule has 0 aliphatic heterocycles. The van der Waals surface area contributed by atoms with E-state index >= 15 is 0 Å². The van der Waals surface area contributed by atoms with Crippen molar-refractivity contribution in [2.45, 2.75) is 24.9 Å². The number of amides is 1. The zero-order valence-electron chi connectivity index (χ0n) is 8.61. The van der Waals surface area contributed by atoms with Crippen molar-refractivity contribution in [3.63, 3.8) is 0 Å². The molecule has 1 amide bonds. The molecular formula is C9H13N3O2S. The van der Waals surface area contributed by atoms with Gasteiger partial charge in [-0.2, -0.15) is 0 Å². The second-order valence-electron chi connectivity index (χ2n) is 3.39. The highest BCUT2D eigenvalue weighted by Crippen LogP contribution is 2.14. The Morgan fingerprint density at radius 2 is 2.33 bits per heavy atom. The lowest BCUT2D eigenvalue weighted by atomic mass is 10.1. The maximum atomic E-state index is 11.2. The molecule has 1 aromatic rings. The van der Waals surface area contributed by atoms with Gasteiger partial charge in [-0.1, -0.05) is 25.6 Å². The van der Waals surface area contributed by atoms with E-state index in [1.165, 1.54) is 6.07 Å². The van der Waals surface area contributed by atoms with Crippen LogP contribution in [0.2, 0.25) is 0 Å². The SMILES string of the molecule is CC(C)c1cc(=O)[nH]c(SCC(N)=O)n1. The fourth-order valence-electron chi connectivity index (χ4n) is 0.957. The number of primary amides is 1. The Labute approximate surface area is 91.5 Å². The third-order valence-corrected chi connectivity index (χ3v) is 2.58. The van der Waals surface area contributed by atoms with Crippen molar-refractivity contribution < 1.29 is 4.79 Å². The van der Waals surface area contributed by atoms with Gasteiger partial charge in [0.1, 0.15) is 0 Å². The number of H-pyrrole nitrogens is 1. The zero-order valence-corrected chi connectivity index (χ0v) is 9.43. The van der Waals surface area contributed by atoms with Crippen molar-refractivity contribution in [1.82, 2.24) is 9.97 Å². The van der Waals surface area contributed by atoms with E-state index in [-0.39, 0.29) is 17.2 Å². The molecular weight excluding hydrogens is 214 g/mol. The molecule has 0 atom stereocenters. The minimum absolute atomic E-state index is 0.116. The van der Waals surface area contributed by atoms with Gasteiger partial charge < -0.3 is 10.7 Å². The average Bonchev–Trinajstić information content (AvgIpc) is 2.13. The summed E-state index contributed by atoms with van der Waals surface area (Å²) < 4.78 is 0. The number of nitrogens with zero attached hydrogens (tertiary/aromatic N) is 1. The minimum atomic E-state index is -0.433. The van der Waals surface area contributed by atoms with Crippen LogP contribution in [0.25, 0.3) is 0 Å². The molecule has 0 radical (unpaired) electrons. The van der Waals surface area contributed by atoms with Crippen LogP contribution < -0.4 is 11.3 Å². The van der Waals surface area contributed by atoms with E-state index in [0.29, 0.717) is 10.9 Å². The summed E-state index contributed by atoms with van der Waals surface area (Å²) in [5.41, 5.74) is 5.50. The first-order valence-corrected chi connectivity index (χ1v) is 5.50. The van der Waals surface area contributed by atoms with Crippen LogP contribution in [0.1, 0.15) is 25.5 Å². The quantitative estimate of drug-likeness (QED) is 0.578. The van der Waals surface area contributed by atoms with E-state index < -0.39 is 5.91 Å². The fraction of sp³-hybridized carbons (Fsp3) is 0.444. The monoisotopic (exact) mass is 227 g/mol. The standard InChI is InChI=1S/C9H13N3O2S/c1-5(2)6-3-8(14)12-9(11-6)15-4-7(10)13/h3,5H,4H2,1-2H3,(H2,10,13)(H,11,12,14). The van der Waals surface area contributed by atoms with Crippen LogP contribution in [0.4, 0.5) is 0 Å². The molecule has 1 heterocycles. The molecule has 3 N–H and O–H groups in total. The van der Waals surface area contributed by atoms with Gasteiger partial charge in [0.05, 0.1) is 11.4 Å². The normalized spacial score (nSPS) is 10.6. The van der Waals surface area contributed by atoms with Crippen molar-refractivity contribution in [2.24, 2.45) is 5.73 Å². The lowest BCUT2D eigenvalue weighted by Gasteiger charge is -2.05. The molecule has 0 aliphatic carbocycles.